The van der Waals surface area contributed by atoms with Gasteiger partial charge in [-0.15, -0.1) is 5.10 Å². The van der Waals surface area contributed by atoms with E-state index in [1.807, 2.05) is 56.3 Å². The van der Waals surface area contributed by atoms with Crippen LogP contribution in [0.3, 0.4) is 0 Å². The molecule has 32 heavy (non-hydrogen) atoms. The molecule has 0 saturated carbocycles. The molecule has 2 amide bonds. The highest BCUT2D eigenvalue weighted by molar-refractivity contribution is 6.01. The predicted molar refractivity (Wildman–Crippen MR) is 122 cm³/mol. The van der Waals surface area contributed by atoms with E-state index < -0.39 is 5.91 Å². The van der Waals surface area contributed by atoms with Crippen LogP contribution >= 0.6 is 0 Å². The van der Waals surface area contributed by atoms with Crippen molar-refractivity contribution in [2.75, 3.05) is 11.1 Å². The standard InChI is InChI=1S/C23H23N7O2/c1-14-3-5-18(9-15(14)2)28-23(32)22-27-13-30(29-22)12-20(31)26-11-16-4-6-19-17(10-16)7-8-25-21(19)24/h3-10,13H,11-12H2,1-2H3,(H2,24,25)(H,26,31)(H,28,32). The Morgan fingerprint density at radius 1 is 1.03 bits per heavy atom. The van der Waals surface area contributed by atoms with Gasteiger partial charge in [0.15, 0.2) is 0 Å². The highest BCUT2D eigenvalue weighted by Gasteiger charge is 2.13. The molecule has 9 heteroatoms. The Morgan fingerprint density at radius 2 is 1.88 bits per heavy atom. The van der Waals surface area contributed by atoms with E-state index in [-0.39, 0.29) is 18.3 Å². The van der Waals surface area contributed by atoms with Gasteiger partial charge in [-0.3, -0.25) is 9.59 Å². The number of fused-ring (bicyclic) bond motifs is 1. The smallest absolute Gasteiger partial charge is 0.295 e. The Morgan fingerprint density at radius 3 is 2.69 bits per heavy atom. The number of hydrogen-bond donors (Lipinski definition) is 3. The molecule has 162 valence electrons. The summed E-state index contributed by atoms with van der Waals surface area (Å²) in [7, 11) is 0. The summed E-state index contributed by atoms with van der Waals surface area (Å²) in [6.45, 7) is 4.28. The molecule has 4 aromatic rings. The van der Waals surface area contributed by atoms with Gasteiger partial charge in [0.05, 0.1) is 0 Å². The van der Waals surface area contributed by atoms with Gasteiger partial charge in [-0.1, -0.05) is 18.2 Å². The lowest BCUT2D eigenvalue weighted by atomic mass is 10.1. The number of nitrogens with two attached hydrogens (primary N) is 1. The lowest BCUT2D eigenvalue weighted by molar-refractivity contribution is -0.122. The minimum atomic E-state index is -0.433. The number of nitrogens with one attached hydrogen (secondary N) is 2. The van der Waals surface area contributed by atoms with E-state index in [9.17, 15) is 9.59 Å². The lowest BCUT2D eigenvalue weighted by Gasteiger charge is -2.07. The third-order valence-corrected chi connectivity index (χ3v) is 5.16. The highest BCUT2D eigenvalue weighted by atomic mass is 16.2. The van der Waals surface area contributed by atoms with Crippen molar-refractivity contribution in [3.05, 3.63) is 77.5 Å². The number of aromatic nitrogens is 4. The van der Waals surface area contributed by atoms with E-state index >= 15 is 0 Å². The Labute approximate surface area is 184 Å². The SMILES string of the molecule is Cc1ccc(NC(=O)c2ncn(CC(=O)NCc3ccc4c(N)nccc4c3)n2)cc1C. The average Bonchev–Trinajstić information content (AvgIpc) is 3.23. The minimum Gasteiger partial charge on any atom is -0.383 e. The molecule has 2 aromatic carbocycles. The molecule has 0 bridgehead atoms. The molecule has 0 aliphatic carbocycles. The molecule has 2 aromatic heterocycles. The molecule has 4 N–H and O–H groups in total. The van der Waals surface area contributed by atoms with E-state index in [2.05, 4.69) is 25.7 Å². The summed E-state index contributed by atoms with van der Waals surface area (Å²) in [4.78, 5) is 32.8. The van der Waals surface area contributed by atoms with Crippen LogP contribution < -0.4 is 16.4 Å². The molecule has 9 nitrogen and oxygen atoms in total. The zero-order chi connectivity index (χ0) is 22.7. The Kier molecular flexibility index (Phi) is 5.80. The van der Waals surface area contributed by atoms with Gasteiger partial charge in [-0.2, -0.15) is 0 Å². The van der Waals surface area contributed by atoms with Gasteiger partial charge < -0.3 is 16.4 Å². The maximum atomic E-state index is 12.4. The van der Waals surface area contributed by atoms with E-state index in [0.29, 0.717) is 18.1 Å². The summed E-state index contributed by atoms with van der Waals surface area (Å²) < 4.78 is 1.33. The number of pyridine rings is 1. The maximum Gasteiger partial charge on any atom is 0.295 e. The van der Waals surface area contributed by atoms with Crippen LogP contribution in [0.5, 0.6) is 0 Å². The molecule has 0 aliphatic rings. The fourth-order valence-electron chi connectivity index (χ4n) is 3.25. The first-order chi connectivity index (χ1) is 15.4. The molecule has 0 fully saturated rings. The first kappa shape index (κ1) is 21.0. The fourth-order valence-corrected chi connectivity index (χ4v) is 3.25. The molecule has 0 unspecified atom stereocenters. The second-order valence-corrected chi connectivity index (χ2v) is 7.55. The molecule has 0 saturated heterocycles. The van der Waals surface area contributed by atoms with Crippen LogP contribution in [-0.4, -0.2) is 31.6 Å². The van der Waals surface area contributed by atoms with Crippen LogP contribution in [0.4, 0.5) is 11.5 Å². The van der Waals surface area contributed by atoms with Crippen molar-refractivity contribution in [3.8, 4) is 0 Å². The van der Waals surface area contributed by atoms with E-state index in [1.165, 1.54) is 11.0 Å². The van der Waals surface area contributed by atoms with Crippen molar-refractivity contribution in [3.63, 3.8) is 0 Å². The first-order valence-electron chi connectivity index (χ1n) is 10.1. The van der Waals surface area contributed by atoms with Crippen LogP contribution in [0.1, 0.15) is 27.3 Å². The predicted octanol–water partition coefficient (Wildman–Crippen LogP) is 2.59. The molecular weight excluding hydrogens is 406 g/mol. The summed E-state index contributed by atoms with van der Waals surface area (Å²) in [6.07, 6.45) is 3.01. The lowest BCUT2D eigenvalue weighted by Crippen LogP contribution is -2.27. The highest BCUT2D eigenvalue weighted by Crippen LogP contribution is 2.20. The number of benzene rings is 2. The van der Waals surface area contributed by atoms with E-state index in [4.69, 9.17) is 5.73 Å². The Balaban J connectivity index is 1.33. The van der Waals surface area contributed by atoms with Crippen LogP contribution in [0, 0.1) is 13.8 Å². The van der Waals surface area contributed by atoms with Crippen molar-refractivity contribution in [2.24, 2.45) is 0 Å². The second kappa shape index (κ2) is 8.84. The molecular formula is C23H23N7O2. The second-order valence-electron chi connectivity index (χ2n) is 7.55. The quantitative estimate of drug-likeness (QED) is 0.432. The number of anilines is 2. The normalized spacial score (nSPS) is 10.8. The van der Waals surface area contributed by atoms with Crippen molar-refractivity contribution in [1.82, 2.24) is 25.1 Å². The van der Waals surface area contributed by atoms with Crippen LogP contribution in [0.2, 0.25) is 0 Å². The van der Waals surface area contributed by atoms with Gasteiger partial charge in [-0.25, -0.2) is 14.6 Å². The summed E-state index contributed by atoms with van der Waals surface area (Å²) in [5.74, 6) is -0.207. The largest absolute Gasteiger partial charge is 0.383 e. The van der Waals surface area contributed by atoms with Crippen LogP contribution in [0.15, 0.2) is 55.0 Å². The monoisotopic (exact) mass is 429 g/mol. The molecule has 0 atom stereocenters. The molecule has 0 spiro atoms. The van der Waals surface area contributed by atoms with E-state index in [1.54, 1.807) is 6.20 Å². The van der Waals surface area contributed by atoms with Crippen molar-refractivity contribution in [2.45, 2.75) is 26.9 Å². The van der Waals surface area contributed by atoms with Gasteiger partial charge in [0.2, 0.25) is 11.7 Å². The number of carbonyl (C=O) groups excluding carboxylic acids is 2. The minimum absolute atomic E-state index is 0.00300. The van der Waals surface area contributed by atoms with Gasteiger partial charge in [0.25, 0.3) is 5.91 Å². The van der Waals surface area contributed by atoms with Gasteiger partial charge >= 0.3 is 0 Å². The summed E-state index contributed by atoms with van der Waals surface area (Å²) in [5.41, 5.74) is 9.68. The first-order valence-corrected chi connectivity index (χ1v) is 10.1. The number of carbonyl (C=O) groups is 2. The van der Waals surface area contributed by atoms with Gasteiger partial charge in [-0.05, 0) is 60.2 Å². The van der Waals surface area contributed by atoms with Gasteiger partial charge in [0.1, 0.15) is 18.7 Å². The number of hydrogen-bond acceptors (Lipinski definition) is 6. The van der Waals surface area contributed by atoms with Crippen molar-refractivity contribution >= 4 is 34.1 Å². The fraction of sp³-hybridized carbons (Fsp3) is 0.174. The third kappa shape index (κ3) is 4.72. The molecule has 4 rings (SSSR count). The van der Waals surface area contributed by atoms with E-state index in [0.717, 1.165) is 27.5 Å². The Hall–Kier alpha value is -4.27. The summed E-state index contributed by atoms with van der Waals surface area (Å²) >= 11 is 0. The number of nitrogens with zero attached hydrogens (tertiary/aromatic N) is 4. The summed E-state index contributed by atoms with van der Waals surface area (Å²) in [6, 6.07) is 13.2. The molecule has 2 heterocycles. The summed E-state index contributed by atoms with van der Waals surface area (Å²) in [5, 5.41) is 11.5. The number of rotatable bonds is 6. The number of aryl methyl sites for hydroxylation is 2. The molecule has 0 radical (unpaired) electrons. The number of amides is 2. The van der Waals surface area contributed by atoms with Crippen LogP contribution in [0.25, 0.3) is 10.8 Å². The van der Waals surface area contributed by atoms with Crippen molar-refractivity contribution in [1.29, 1.82) is 0 Å². The number of nitrogen functional groups attached to an aromatic ring is 1. The van der Waals surface area contributed by atoms with Crippen LogP contribution in [-0.2, 0) is 17.9 Å². The zero-order valence-electron chi connectivity index (χ0n) is 17.8. The average molecular weight is 429 g/mol. The van der Waals surface area contributed by atoms with Crippen molar-refractivity contribution < 1.29 is 9.59 Å². The Bertz CT molecular complexity index is 1310. The molecule has 0 aliphatic heterocycles. The maximum absolute atomic E-state index is 12.4. The third-order valence-electron chi connectivity index (χ3n) is 5.16. The topological polar surface area (TPSA) is 128 Å². The van der Waals surface area contributed by atoms with Gasteiger partial charge in [0, 0.05) is 23.8 Å². The zero-order valence-corrected chi connectivity index (χ0v) is 17.8.